The third kappa shape index (κ3) is 18.6. The van der Waals surface area contributed by atoms with E-state index in [0.717, 1.165) is 29.0 Å². The second kappa shape index (κ2) is 26.2. The van der Waals surface area contributed by atoms with Gasteiger partial charge in [0.25, 0.3) is 0 Å². The Hall–Kier alpha value is -4.56. The maximum atomic E-state index is 13.3. The van der Waals surface area contributed by atoms with Crippen LogP contribution in [-0.2, 0) is 41.3 Å². The summed E-state index contributed by atoms with van der Waals surface area (Å²) in [7, 11) is 2.74. The zero-order valence-electron chi connectivity index (χ0n) is 43.7. The van der Waals surface area contributed by atoms with Crippen LogP contribution >= 0.6 is 7.26 Å². The Bertz CT molecular complexity index is 2080. The lowest BCUT2D eigenvalue weighted by Gasteiger charge is -2.34. The summed E-state index contributed by atoms with van der Waals surface area (Å²) in [4.78, 5) is 48.4. The number of methoxy groups -OCH3 is 3. The van der Waals surface area contributed by atoms with E-state index in [-0.39, 0.29) is 54.5 Å². The van der Waals surface area contributed by atoms with Crippen LogP contribution in [-0.4, -0.2) is 148 Å². The first-order valence-electron chi connectivity index (χ1n) is 24.0. The molecule has 0 N–H and O–H groups in total. The lowest BCUT2D eigenvalue weighted by Crippen LogP contribution is -3.00. The molecule has 13 nitrogen and oxygen atoms in total. The summed E-state index contributed by atoms with van der Waals surface area (Å²) in [5, 5.41) is 3.67. The number of rotatable bonds is 16. The van der Waals surface area contributed by atoms with Crippen LogP contribution in [0, 0.1) is 0 Å². The maximum Gasteiger partial charge on any atom is 0.320 e. The van der Waals surface area contributed by atoms with Gasteiger partial charge in [-0.25, -0.2) is 0 Å². The molecule has 0 spiro atoms. The Morgan fingerprint density at radius 3 is 0.929 bits per heavy atom. The standard InChI is InChI=1S/C55H78N4O9P.BrH/c1-53(2,3)66-50(60)38-57-31-29-56(30-32-58(39-51(61)67-54(4,5)6)34-36-59(35-33-57)40-52(62)68-55(7,8)9)37-42-13-15-43(16-14-42)41-69(47-23-17-44(63-10)18-24-47,48-25-19-45(64-11)20-26-48)49-27-21-46(65-12)22-28-49;/h13-28H,29-41H2,1-12H3;1H/q+1;/p-1. The highest BCUT2D eigenvalue weighted by molar-refractivity contribution is 7.95. The van der Waals surface area contributed by atoms with Gasteiger partial charge in [-0.15, -0.1) is 0 Å². The van der Waals surface area contributed by atoms with E-state index in [4.69, 9.17) is 28.4 Å². The second-order valence-corrected chi connectivity index (χ2v) is 24.2. The quantitative estimate of drug-likeness (QED) is 0.0917. The van der Waals surface area contributed by atoms with E-state index >= 15 is 0 Å². The van der Waals surface area contributed by atoms with Crippen LogP contribution in [0.2, 0.25) is 0 Å². The number of carbonyl (C=O) groups excluding carboxylic acids is 3. The Kier molecular flexibility index (Phi) is 21.7. The summed E-state index contributed by atoms with van der Waals surface area (Å²) in [6, 6.07) is 34.4. The van der Waals surface area contributed by atoms with Gasteiger partial charge in [0, 0.05) is 58.9 Å². The third-order valence-corrected chi connectivity index (χ3v) is 16.0. The predicted octanol–water partition coefficient (Wildman–Crippen LogP) is 3.96. The van der Waals surface area contributed by atoms with Gasteiger partial charge in [0.15, 0.2) is 0 Å². The van der Waals surface area contributed by atoms with Gasteiger partial charge >= 0.3 is 17.9 Å². The monoisotopic (exact) mass is 1050 g/mol. The van der Waals surface area contributed by atoms with Crippen molar-refractivity contribution in [1.82, 2.24) is 19.6 Å². The summed E-state index contributed by atoms with van der Waals surface area (Å²) in [5.74, 6) is 1.49. The van der Waals surface area contributed by atoms with Crippen LogP contribution in [0.25, 0.3) is 0 Å². The molecule has 15 heteroatoms. The van der Waals surface area contributed by atoms with Crippen LogP contribution in [0.4, 0.5) is 0 Å². The number of halogens is 1. The predicted molar refractivity (Wildman–Crippen MR) is 277 cm³/mol. The minimum Gasteiger partial charge on any atom is -1.00 e. The van der Waals surface area contributed by atoms with Crippen molar-refractivity contribution in [2.24, 2.45) is 0 Å². The molecule has 5 rings (SSSR count). The molecular formula is C55H78BrN4O9P. The van der Waals surface area contributed by atoms with Gasteiger partial charge in [0.1, 0.15) is 57.2 Å². The van der Waals surface area contributed by atoms with Gasteiger partial charge < -0.3 is 45.4 Å². The molecule has 0 atom stereocenters. The van der Waals surface area contributed by atoms with Gasteiger partial charge in [0.2, 0.25) is 0 Å². The highest BCUT2D eigenvalue weighted by Crippen LogP contribution is 2.58. The molecule has 0 amide bonds. The van der Waals surface area contributed by atoms with Crippen molar-refractivity contribution in [1.29, 1.82) is 0 Å². The molecule has 1 saturated heterocycles. The maximum absolute atomic E-state index is 13.3. The molecule has 0 aliphatic carbocycles. The Morgan fingerprint density at radius 1 is 0.414 bits per heavy atom. The summed E-state index contributed by atoms with van der Waals surface area (Å²) in [5.41, 5.74) is 0.473. The normalized spacial score (nSPS) is 15.4. The molecule has 4 aromatic carbocycles. The van der Waals surface area contributed by atoms with E-state index in [1.807, 2.05) is 104 Å². The SMILES string of the molecule is COc1ccc([P+](Cc2ccc(CN3CCN(CC(=O)OC(C)(C)C)CCN(CC(=O)OC(C)(C)C)CCN(CC(=O)OC(C)(C)C)CC3)cc2)(c2ccc(OC)cc2)c2ccc(OC)cc2)cc1.[Br-]. The van der Waals surface area contributed by atoms with E-state index in [1.54, 1.807) is 21.3 Å². The van der Waals surface area contributed by atoms with Crippen LogP contribution in [0.5, 0.6) is 17.2 Å². The lowest BCUT2D eigenvalue weighted by molar-refractivity contribution is -0.158. The van der Waals surface area contributed by atoms with Crippen LogP contribution in [0.3, 0.4) is 0 Å². The van der Waals surface area contributed by atoms with Gasteiger partial charge in [-0.2, -0.15) is 0 Å². The van der Waals surface area contributed by atoms with Crippen molar-refractivity contribution in [3.8, 4) is 17.2 Å². The Labute approximate surface area is 429 Å². The molecular weight excluding hydrogens is 972 g/mol. The molecule has 0 saturated carbocycles. The number of carbonyl (C=O) groups is 3. The molecule has 1 fully saturated rings. The van der Waals surface area contributed by atoms with Gasteiger partial charge in [-0.3, -0.25) is 34.0 Å². The van der Waals surface area contributed by atoms with Gasteiger partial charge in [-0.05, 0) is 146 Å². The second-order valence-electron chi connectivity index (χ2n) is 20.7. The molecule has 1 heterocycles. The van der Waals surface area contributed by atoms with Crippen molar-refractivity contribution < 1.29 is 59.8 Å². The van der Waals surface area contributed by atoms with Gasteiger partial charge in [-0.1, -0.05) is 24.3 Å². The van der Waals surface area contributed by atoms with Crippen molar-refractivity contribution in [2.75, 3.05) is 93.3 Å². The Balaban J connectivity index is 0.0000107. The average molecular weight is 1050 g/mol. The molecule has 0 radical (unpaired) electrons. The zero-order chi connectivity index (χ0) is 50.4. The van der Waals surface area contributed by atoms with Crippen molar-refractivity contribution in [2.45, 2.75) is 91.8 Å². The van der Waals surface area contributed by atoms with Crippen LogP contribution in [0.15, 0.2) is 97.1 Å². The molecule has 384 valence electrons. The fourth-order valence-electron chi connectivity index (χ4n) is 8.39. The highest BCUT2D eigenvalue weighted by Gasteiger charge is 2.46. The van der Waals surface area contributed by atoms with E-state index < -0.39 is 24.1 Å². The number of hydrogen-bond donors (Lipinski definition) is 0. The molecule has 1 aliphatic heterocycles. The minimum absolute atomic E-state index is 0. The van der Waals surface area contributed by atoms with Crippen molar-refractivity contribution >= 4 is 41.1 Å². The number of ether oxygens (including phenoxy) is 6. The zero-order valence-corrected chi connectivity index (χ0v) is 46.2. The first kappa shape index (κ1) is 58.0. The molecule has 0 bridgehead atoms. The average Bonchev–Trinajstić information content (AvgIpc) is 3.28. The number of nitrogens with zero attached hydrogens (tertiary/aromatic N) is 4. The molecule has 4 aromatic rings. The van der Waals surface area contributed by atoms with E-state index in [1.165, 1.54) is 21.5 Å². The van der Waals surface area contributed by atoms with E-state index in [9.17, 15) is 14.4 Å². The largest absolute Gasteiger partial charge is 1.00 e. The minimum atomic E-state index is -2.32. The highest BCUT2D eigenvalue weighted by atomic mass is 79.9. The number of benzene rings is 4. The molecule has 0 aromatic heterocycles. The summed E-state index contributed by atoms with van der Waals surface area (Å²) in [6.07, 6.45) is 0.770. The summed E-state index contributed by atoms with van der Waals surface area (Å²) in [6.45, 7) is 22.3. The van der Waals surface area contributed by atoms with E-state index in [2.05, 4.69) is 75.4 Å². The first-order chi connectivity index (χ1) is 32.6. The summed E-state index contributed by atoms with van der Waals surface area (Å²) < 4.78 is 34.1. The Morgan fingerprint density at radius 2 is 0.671 bits per heavy atom. The van der Waals surface area contributed by atoms with E-state index in [0.29, 0.717) is 58.9 Å². The molecule has 1 aliphatic rings. The topological polar surface area (TPSA) is 120 Å². The first-order valence-corrected chi connectivity index (χ1v) is 26.0. The van der Waals surface area contributed by atoms with Crippen LogP contribution < -0.4 is 47.1 Å². The lowest BCUT2D eigenvalue weighted by atomic mass is 10.1. The smallest absolute Gasteiger partial charge is 0.320 e. The third-order valence-electron chi connectivity index (χ3n) is 11.6. The fourth-order valence-corrected chi connectivity index (χ4v) is 12.6. The van der Waals surface area contributed by atoms with Crippen LogP contribution in [0.1, 0.15) is 73.4 Å². The number of hydrogen-bond acceptors (Lipinski definition) is 13. The fraction of sp³-hybridized carbons (Fsp3) is 0.509. The number of esters is 3. The molecule has 0 unspecified atom stereocenters. The molecule has 70 heavy (non-hydrogen) atoms. The van der Waals surface area contributed by atoms with Crippen molar-refractivity contribution in [3.63, 3.8) is 0 Å². The summed E-state index contributed by atoms with van der Waals surface area (Å²) >= 11 is 0. The van der Waals surface area contributed by atoms with Crippen molar-refractivity contribution in [3.05, 3.63) is 108 Å². The van der Waals surface area contributed by atoms with Gasteiger partial charge in [0.05, 0.1) is 47.1 Å².